The van der Waals surface area contributed by atoms with Crippen LogP contribution in [0.15, 0.2) is 18.2 Å². The summed E-state index contributed by atoms with van der Waals surface area (Å²) in [5, 5.41) is 2.82. The van der Waals surface area contributed by atoms with Crippen molar-refractivity contribution in [1.82, 2.24) is 15.1 Å². The fourth-order valence-corrected chi connectivity index (χ4v) is 2.59. The molecule has 0 atom stereocenters. The van der Waals surface area contributed by atoms with E-state index in [-0.39, 0.29) is 16.6 Å². The van der Waals surface area contributed by atoms with Crippen LogP contribution in [0.1, 0.15) is 10.4 Å². The summed E-state index contributed by atoms with van der Waals surface area (Å²) in [6.45, 7) is 2.31. The fraction of sp³-hybridized carbons (Fsp3) is 0.467. The summed E-state index contributed by atoms with van der Waals surface area (Å²) in [6, 6.07) is 3.95. The zero-order valence-electron chi connectivity index (χ0n) is 12.8. The lowest BCUT2D eigenvalue weighted by atomic mass is 10.1. The van der Waals surface area contributed by atoms with Gasteiger partial charge >= 0.3 is 6.03 Å². The third-order valence-electron chi connectivity index (χ3n) is 3.61. The number of ether oxygens (including phenoxy) is 1. The molecule has 0 bridgehead atoms. The number of carbonyl (C=O) groups is 2. The zero-order valence-corrected chi connectivity index (χ0v) is 13.6. The molecule has 1 N–H and O–H groups in total. The van der Waals surface area contributed by atoms with E-state index in [0.29, 0.717) is 39.3 Å². The zero-order chi connectivity index (χ0) is 16.8. The van der Waals surface area contributed by atoms with Crippen LogP contribution in [0.5, 0.6) is 0 Å². The molecule has 8 heteroatoms. The van der Waals surface area contributed by atoms with Gasteiger partial charge in [-0.2, -0.15) is 0 Å². The Hall–Kier alpha value is -1.86. The second kappa shape index (κ2) is 8.12. The highest BCUT2D eigenvalue weighted by Gasteiger charge is 2.27. The van der Waals surface area contributed by atoms with Gasteiger partial charge in [-0.1, -0.05) is 17.7 Å². The van der Waals surface area contributed by atoms with Crippen molar-refractivity contribution in [3.63, 3.8) is 0 Å². The van der Waals surface area contributed by atoms with E-state index in [0.717, 1.165) is 0 Å². The van der Waals surface area contributed by atoms with Crippen LogP contribution in [0, 0.1) is 5.82 Å². The Morgan fingerprint density at radius 1 is 1.26 bits per heavy atom. The quantitative estimate of drug-likeness (QED) is 0.845. The van der Waals surface area contributed by atoms with Crippen LogP contribution in [0.4, 0.5) is 9.18 Å². The first-order valence-corrected chi connectivity index (χ1v) is 7.67. The molecule has 23 heavy (non-hydrogen) atoms. The highest BCUT2D eigenvalue weighted by molar-refractivity contribution is 6.33. The highest BCUT2D eigenvalue weighted by Crippen LogP contribution is 2.21. The van der Waals surface area contributed by atoms with Crippen molar-refractivity contribution in [3.8, 4) is 0 Å². The molecule has 0 saturated carbocycles. The van der Waals surface area contributed by atoms with Crippen LogP contribution in [-0.4, -0.2) is 68.2 Å². The molecule has 1 saturated heterocycles. The number of hydrogen-bond acceptors (Lipinski definition) is 3. The van der Waals surface area contributed by atoms with Crippen molar-refractivity contribution in [3.05, 3.63) is 34.6 Å². The third kappa shape index (κ3) is 4.33. The van der Waals surface area contributed by atoms with Crippen LogP contribution in [0.3, 0.4) is 0 Å². The Bertz CT molecular complexity index is 557. The Labute approximate surface area is 139 Å². The molecule has 3 amide bonds. The number of carbonyl (C=O) groups excluding carboxylic acids is 2. The van der Waals surface area contributed by atoms with Crippen molar-refractivity contribution in [2.45, 2.75) is 0 Å². The minimum atomic E-state index is -0.637. The Kier molecular flexibility index (Phi) is 6.18. The Balaban J connectivity index is 1.91. The van der Waals surface area contributed by atoms with E-state index in [1.807, 2.05) is 0 Å². The van der Waals surface area contributed by atoms with E-state index in [4.69, 9.17) is 16.3 Å². The number of halogens is 2. The van der Waals surface area contributed by atoms with Crippen LogP contribution in [0.25, 0.3) is 0 Å². The molecule has 126 valence electrons. The molecule has 6 nitrogen and oxygen atoms in total. The summed E-state index contributed by atoms with van der Waals surface area (Å²) < 4.78 is 18.7. The number of hydrogen-bond donors (Lipinski definition) is 1. The molecule has 1 aromatic rings. The lowest BCUT2D eigenvalue weighted by molar-refractivity contribution is 0.0659. The van der Waals surface area contributed by atoms with Gasteiger partial charge in [-0.05, 0) is 12.1 Å². The number of piperazine rings is 1. The number of amides is 3. The molecule has 0 radical (unpaired) electrons. The summed E-state index contributed by atoms with van der Waals surface area (Å²) in [5.74, 6) is -1.09. The molecular weight excluding hydrogens is 325 g/mol. The van der Waals surface area contributed by atoms with Crippen molar-refractivity contribution in [2.75, 3.05) is 46.4 Å². The van der Waals surface area contributed by atoms with Crippen molar-refractivity contribution < 1.29 is 18.7 Å². The molecule has 0 spiro atoms. The number of urea groups is 1. The first-order chi connectivity index (χ1) is 11.0. The fourth-order valence-electron chi connectivity index (χ4n) is 2.34. The highest BCUT2D eigenvalue weighted by atomic mass is 35.5. The first-order valence-electron chi connectivity index (χ1n) is 7.29. The van der Waals surface area contributed by atoms with Crippen molar-refractivity contribution >= 4 is 23.5 Å². The van der Waals surface area contributed by atoms with Crippen LogP contribution >= 0.6 is 11.6 Å². The lowest BCUT2D eigenvalue weighted by Crippen LogP contribution is -2.53. The van der Waals surface area contributed by atoms with E-state index < -0.39 is 11.7 Å². The minimum absolute atomic E-state index is 0.0924. The third-order valence-corrected chi connectivity index (χ3v) is 3.93. The lowest BCUT2D eigenvalue weighted by Gasteiger charge is -2.34. The minimum Gasteiger partial charge on any atom is -0.383 e. The van der Waals surface area contributed by atoms with Crippen LogP contribution in [-0.2, 0) is 4.74 Å². The van der Waals surface area contributed by atoms with Gasteiger partial charge in [-0.3, -0.25) is 4.79 Å². The van der Waals surface area contributed by atoms with Crippen molar-refractivity contribution in [2.24, 2.45) is 0 Å². The average Bonchev–Trinajstić information content (AvgIpc) is 2.55. The molecule has 1 fully saturated rings. The van der Waals surface area contributed by atoms with Gasteiger partial charge in [-0.25, -0.2) is 9.18 Å². The van der Waals surface area contributed by atoms with E-state index in [1.54, 1.807) is 12.0 Å². The Morgan fingerprint density at radius 3 is 2.52 bits per heavy atom. The summed E-state index contributed by atoms with van der Waals surface area (Å²) in [6.07, 6.45) is 0. The number of benzene rings is 1. The number of methoxy groups -OCH3 is 1. The monoisotopic (exact) mass is 343 g/mol. The molecule has 2 rings (SSSR count). The number of nitrogens with zero attached hydrogens (tertiary/aromatic N) is 2. The van der Waals surface area contributed by atoms with Crippen LogP contribution < -0.4 is 5.32 Å². The Morgan fingerprint density at radius 2 is 1.91 bits per heavy atom. The van der Waals surface area contributed by atoms with E-state index in [2.05, 4.69) is 5.32 Å². The largest absolute Gasteiger partial charge is 0.383 e. The molecule has 0 unspecified atom stereocenters. The smallest absolute Gasteiger partial charge is 0.317 e. The first kappa shape index (κ1) is 17.5. The number of rotatable bonds is 4. The second-order valence-corrected chi connectivity index (χ2v) is 5.51. The van der Waals surface area contributed by atoms with E-state index in [9.17, 15) is 14.0 Å². The normalized spacial score (nSPS) is 14.7. The maximum absolute atomic E-state index is 13.8. The average molecular weight is 344 g/mol. The summed E-state index contributed by atoms with van der Waals surface area (Å²) in [4.78, 5) is 27.4. The molecule has 0 aromatic heterocycles. The second-order valence-electron chi connectivity index (χ2n) is 5.10. The van der Waals surface area contributed by atoms with Gasteiger partial charge in [0.25, 0.3) is 5.91 Å². The topological polar surface area (TPSA) is 61.9 Å². The summed E-state index contributed by atoms with van der Waals surface area (Å²) in [7, 11) is 1.56. The standard InChI is InChI=1S/C15H19ClFN3O3/c1-23-10-5-18-15(22)20-8-6-19(7-9-20)14(21)13-11(16)3-2-4-12(13)17/h2-4H,5-10H2,1H3,(H,18,22). The predicted molar refractivity (Wildman–Crippen MR) is 84.2 cm³/mol. The molecule has 1 aliphatic rings. The van der Waals surface area contributed by atoms with Gasteiger partial charge in [0.1, 0.15) is 5.82 Å². The molecule has 1 aromatic carbocycles. The van der Waals surface area contributed by atoms with Gasteiger partial charge < -0.3 is 19.9 Å². The maximum atomic E-state index is 13.8. The molecule has 1 aliphatic heterocycles. The molecular formula is C15H19ClFN3O3. The van der Waals surface area contributed by atoms with Gasteiger partial charge in [0.2, 0.25) is 0 Å². The van der Waals surface area contributed by atoms with Crippen LogP contribution in [0.2, 0.25) is 5.02 Å². The van der Waals surface area contributed by atoms with Gasteiger partial charge in [0.15, 0.2) is 0 Å². The molecule has 1 heterocycles. The SMILES string of the molecule is COCCNC(=O)N1CCN(C(=O)c2c(F)cccc2Cl)CC1. The molecule has 0 aliphatic carbocycles. The van der Waals surface area contributed by atoms with Gasteiger partial charge in [0, 0.05) is 39.8 Å². The predicted octanol–water partition coefficient (Wildman–Crippen LogP) is 1.59. The number of nitrogens with one attached hydrogen (secondary N) is 1. The van der Waals surface area contributed by atoms with Gasteiger partial charge in [0.05, 0.1) is 17.2 Å². The van der Waals surface area contributed by atoms with E-state index >= 15 is 0 Å². The summed E-state index contributed by atoms with van der Waals surface area (Å²) in [5.41, 5.74) is -0.118. The van der Waals surface area contributed by atoms with Crippen molar-refractivity contribution in [1.29, 1.82) is 0 Å². The summed E-state index contributed by atoms with van der Waals surface area (Å²) >= 11 is 5.92. The van der Waals surface area contributed by atoms with Gasteiger partial charge in [-0.15, -0.1) is 0 Å². The maximum Gasteiger partial charge on any atom is 0.317 e. The van der Waals surface area contributed by atoms with E-state index in [1.165, 1.54) is 23.1 Å².